The molecule has 2 N–H and O–H groups in total. The number of thioether (sulfide) groups is 1. The van der Waals surface area contributed by atoms with Crippen LogP contribution in [0, 0.1) is 5.92 Å². The molecular formula is C14H27NO2S. The standard InChI is InChI=1S/C14H27NO2S/c1-11(2)7-13(9-16)15-12-3-5-17-14(8-12)4-6-18-10-14/h11-13,15-16H,3-10H2,1-2H3. The summed E-state index contributed by atoms with van der Waals surface area (Å²) in [6, 6.07) is 0.771. The first-order chi connectivity index (χ1) is 8.63. The number of hydrogen-bond acceptors (Lipinski definition) is 4. The van der Waals surface area contributed by atoms with Gasteiger partial charge in [-0.15, -0.1) is 0 Å². The summed E-state index contributed by atoms with van der Waals surface area (Å²) in [5.41, 5.74) is 0.137. The van der Waals surface area contributed by atoms with Gasteiger partial charge in [0.2, 0.25) is 0 Å². The fourth-order valence-corrected chi connectivity index (χ4v) is 4.51. The highest BCUT2D eigenvalue weighted by Gasteiger charge is 2.40. The summed E-state index contributed by atoms with van der Waals surface area (Å²) in [5.74, 6) is 3.02. The van der Waals surface area contributed by atoms with Crippen LogP contribution in [0.15, 0.2) is 0 Å². The number of aliphatic hydroxyl groups excluding tert-OH is 1. The Bertz CT molecular complexity index is 254. The Hall–Kier alpha value is 0.230. The van der Waals surface area contributed by atoms with Crippen LogP contribution in [0.4, 0.5) is 0 Å². The van der Waals surface area contributed by atoms with Gasteiger partial charge in [0, 0.05) is 24.4 Å². The van der Waals surface area contributed by atoms with Crippen molar-refractivity contribution in [2.24, 2.45) is 5.92 Å². The summed E-state index contributed by atoms with van der Waals surface area (Å²) in [6.45, 7) is 5.54. The first-order valence-electron chi connectivity index (χ1n) is 7.22. The Morgan fingerprint density at radius 1 is 1.50 bits per heavy atom. The van der Waals surface area contributed by atoms with Crippen LogP contribution in [0.1, 0.15) is 39.5 Å². The van der Waals surface area contributed by atoms with Gasteiger partial charge in [0.1, 0.15) is 0 Å². The molecule has 1 spiro atoms. The van der Waals surface area contributed by atoms with Crippen molar-refractivity contribution < 1.29 is 9.84 Å². The normalized spacial score (nSPS) is 34.3. The second-order valence-corrected chi connectivity index (χ2v) is 7.30. The van der Waals surface area contributed by atoms with Crippen molar-refractivity contribution in [3.05, 3.63) is 0 Å². The molecule has 3 atom stereocenters. The molecule has 0 aromatic rings. The molecule has 4 heteroatoms. The van der Waals surface area contributed by atoms with Crippen molar-refractivity contribution in [1.82, 2.24) is 5.32 Å². The fraction of sp³-hybridized carbons (Fsp3) is 1.00. The molecule has 3 nitrogen and oxygen atoms in total. The Kier molecular flexibility index (Phi) is 5.36. The number of aliphatic hydroxyl groups is 1. The zero-order valence-corrected chi connectivity index (χ0v) is 12.5. The van der Waals surface area contributed by atoms with E-state index in [9.17, 15) is 5.11 Å². The maximum Gasteiger partial charge on any atom is 0.0795 e. The molecule has 2 aliphatic rings. The summed E-state index contributed by atoms with van der Waals surface area (Å²) in [6.07, 6.45) is 4.45. The molecule has 2 fully saturated rings. The van der Waals surface area contributed by atoms with Gasteiger partial charge in [0.15, 0.2) is 0 Å². The van der Waals surface area contributed by atoms with E-state index in [4.69, 9.17) is 4.74 Å². The Balaban J connectivity index is 1.84. The molecule has 106 valence electrons. The second kappa shape index (κ2) is 6.60. The lowest BCUT2D eigenvalue weighted by Gasteiger charge is -2.39. The van der Waals surface area contributed by atoms with Crippen molar-refractivity contribution in [3.8, 4) is 0 Å². The van der Waals surface area contributed by atoms with Crippen molar-refractivity contribution in [3.63, 3.8) is 0 Å². The van der Waals surface area contributed by atoms with E-state index >= 15 is 0 Å². The van der Waals surface area contributed by atoms with Crippen molar-refractivity contribution in [1.29, 1.82) is 0 Å². The molecular weight excluding hydrogens is 246 g/mol. The minimum Gasteiger partial charge on any atom is -0.395 e. The van der Waals surface area contributed by atoms with Crippen LogP contribution in [0.2, 0.25) is 0 Å². The molecule has 0 aromatic carbocycles. The van der Waals surface area contributed by atoms with E-state index in [-0.39, 0.29) is 18.2 Å². The summed E-state index contributed by atoms with van der Waals surface area (Å²) in [4.78, 5) is 0. The largest absolute Gasteiger partial charge is 0.395 e. The third kappa shape index (κ3) is 3.86. The molecule has 0 bridgehead atoms. The zero-order chi connectivity index (χ0) is 13.0. The number of rotatable bonds is 5. The third-order valence-electron chi connectivity index (χ3n) is 4.01. The van der Waals surface area contributed by atoms with Gasteiger partial charge in [0.05, 0.1) is 12.2 Å². The van der Waals surface area contributed by atoms with Crippen LogP contribution in [0.5, 0.6) is 0 Å². The van der Waals surface area contributed by atoms with Gasteiger partial charge in [-0.1, -0.05) is 13.8 Å². The fourth-order valence-electron chi connectivity index (χ4n) is 3.13. The first kappa shape index (κ1) is 14.6. The van der Waals surface area contributed by atoms with Gasteiger partial charge in [-0.2, -0.15) is 11.8 Å². The van der Waals surface area contributed by atoms with E-state index in [0.717, 1.165) is 31.6 Å². The minimum absolute atomic E-state index is 0.137. The van der Waals surface area contributed by atoms with E-state index in [1.807, 2.05) is 11.8 Å². The summed E-state index contributed by atoms with van der Waals surface area (Å²) < 4.78 is 6.03. The smallest absolute Gasteiger partial charge is 0.0795 e. The highest BCUT2D eigenvalue weighted by molar-refractivity contribution is 7.99. The lowest BCUT2D eigenvalue weighted by molar-refractivity contribution is -0.0722. The van der Waals surface area contributed by atoms with Crippen LogP contribution >= 0.6 is 11.8 Å². The van der Waals surface area contributed by atoms with Gasteiger partial charge in [-0.3, -0.25) is 0 Å². The molecule has 18 heavy (non-hydrogen) atoms. The van der Waals surface area contributed by atoms with Gasteiger partial charge in [-0.05, 0) is 37.4 Å². The molecule has 2 aliphatic heterocycles. The molecule has 2 saturated heterocycles. The molecule has 0 aliphatic carbocycles. The van der Waals surface area contributed by atoms with Gasteiger partial charge in [0.25, 0.3) is 0 Å². The lowest BCUT2D eigenvalue weighted by atomic mass is 9.89. The van der Waals surface area contributed by atoms with Gasteiger partial charge in [-0.25, -0.2) is 0 Å². The average molecular weight is 273 g/mol. The monoisotopic (exact) mass is 273 g/mol. The highest BCUT2D eigenvalue weighted by atomic mass is 32.2. The van der Waals surface area contributed by atoms with Crippen LogP contribution in [-0.4, -0.2) is 47.5 Å². The molecule has 0 radical (unpaired) electrons. The molecule has 0 aromatic heterocycles. The number of hydrogen-bond donors (Lipinski definition) is 2. The second-order valence-electron chi connectivity index (χ2n) is 6.20. The third-order valence-corrected chi connectivity index (χ3v) is 5.23. The highest BCUT2D eigenvalue weighted by Crippen LogP contribution is 2.38. The Labute approximate surface area is 115 Å². The summed E-state index contributed by atoms with van der Waals surface area (Å²) >= 11 is 2.01. The van der Waals surface area contributed by atoms with E-state index in [2.05, 4.69) is 19.2 Å². The number of ether oxygens (including phenoxy) is 1. The summed E-state index contributed by atoms with van der Waals surface area (Å²) in [5, 5.41) is 13.1. The van der Waals surface area contributed by atoms with Gasteiger partial charge >= 0.3 is 0 Å². The Morgan fingerprint density at radius 2 is 2.33 bits per heavy atom. The van der Waals surface area contributed by atoms with E-state index < -0.39 is 0 Å². The van der Waals surface area contributed by atoms with E-state index in [1.54, 1.807) is 0 Å². The van der Waals surface area contributed by atoms with Crippen LogP contribution in [0.25, 0.3) is 0 Å². The zero-order valence-electron chi connectivity index (χ0n) is 11.7. The van der Waals surface area contributed by atoms with Crippen LogP contribution in [-0.2, 0) is 4.74 Å². The Morgan fingerprint density at radius 3 is 2.94 bits per heavy atom. The van der Waals surface area contributed by atoms with E-state index in [0.29, 0.717) is 12.0 Å². The minimum atomic E-state index is 0.137. The van der Waals surface area contributed by atoms with Gasteiger partial charge < -0.3 is 15.2 Å². The van der Waals surface area contributed by atoms with E-state index in [1.165, 1.54) is 12.2 Å². The number of nitrogens with one attached hydrogen (secondary N) is 1. The van der Waals surface area contributed by atoms with Crippen LogP contribution in [0.3, 0.4) is 0 Å². The average Bonchev–Trinajstić information content (AvgIpc) is 2.76. The van der Waals surface area contributed by atoms with Crippen LogP contribution < -0.4 is 5.32 Å². The maximum absolute atomic E-state index is 9.46. The SMILES string of the molecule is CC(C)CC(CO)NC1CCOC2(CCSC2)C1. The molecule has 2 heterocycles. The maximum atomic E-state index is 9.46. The lowest BCUT2D eigenvalue weighted by Crippen LogP contribution is -2.50. The quantitative estimate of drug-likeness (QED) is 0.804. The molecule has 0 saturated carbocycles. The predicted molar refractivity (Wildman–Crippen MR) is 77.1 cm³/mol. The predicted octanol–water partition coefficient (Wildman–Crippen LogP) is 2.04. The first-order valence-corrected chi connectivity index (χ1v) is 8.38. The molecule has 2 rings (SSSR count). The summed E-state index contributed by atoms with van der Waals surface area (Å²) in [7, 11) is 0. The molecule has 3 unspecified atom stereocenters. The topological polar surface area (TPSA) is 41.5 Å². The van der Waals surface area contributed by atoms with Crippen molar-refractivity contribution in [2.45, 2.75) is 57.2 Å². The van der Waals surface area contributed by atoms with Crippen molar-refractivity contribution in [2.75, 3.05) is 24.7 Å². The van der Waals surface area contributed by atoms with Crippen molar-refractivity contribution >= 4 is 11.8 Å². The molecule has 0 amide bonds.